The van der Waals surface area contributed by atoms with Crippen molar-refractivity contribution >= 4 is 46.8 Å². The third-order valence-electron chi connectivity index (χ3n) is 6.56. The SMILES string of the molecule is COc1cccc(OC)c1C(=O)Cl.COc1cccc(OC)c1C(=O)N1CCN(CCc2ccc(Cl)cc2)CC1.Cl. The minimum absolute atomic E-state index is 0. The van der Waals surface area contributed by atoms with Crippen LogP contribution in [0.1, 0.15) is 26.3 Å². The van der Waals surface area contributed by atoms with Crippen LogP contribution in [0.2, 0.25) is 5.02 Å². The van der Waals surface area contributed by atoms with Crippen molar-refractivity contribution in [1.82, 2.24) is 9.80 Å². The van der Waals surface area contributed by atoms with Gasteiger partial charge in [0.2, 0.25) is 0 Å². The van der Waals surface area contributed by atoms with Crippen molar-refractivity contribution in [3.05, 3.63) is 82.4 Å². The molecule has 1 aliphatic rings. The summed E-state index contributed by atoms with van der Waals surface area (Å²) in [6.45, 7) is 4.08. The summed E-state index contributed by atoms with van der Waals surface area (Å²) >= 11 is 11.3. The largest absolute Gasteiger partial charge is 0.496 e. The van der Waals surface area contributed by atoms with E-state index in [-0.39, 0.29) is 23.9 Å². The van der Waals surface area contributed by atoms with E-state index in [1.54, 1.807) is 44.6 Å². The van der Waals surface area contributed by atoms with Crippen LogP contribution in [-0.4, -0.2) is 82.1 Å². The Balaban J connectivity index is 0.000000355. The molecule has 8 nitrogen and oxygen atoms in total. The molecule has 3 aromatic rings. The second-order valence-electron chi connectivity index (χ2n) is 8.86. The molecule has 4 rings (SSSR count). The van der Waals surface area contributed by atoms with E-state index in [1.807, 2.05) is 23.1 Å². The van der Waals surface area contributed by atoms with Crippen LogP contribution >= 0.6 is 35.6 Å². The van der Waals surface area contributed by atoms with Crippen LogP contribution in [0.25, 0.3) is 0 Å². The number of methoxy groups -OCH3 is 4. The molecule has 1 aliphatic heterocycles. The first-order valence-corrected chi connectivity index (χ1v) is 13.5. The maximum Gasteiger partial charge on any atom is 0.261 e. The lowest BCUT2D eigenvalue weighted by atomic mass is 10.1. The predicted molar refractivity (Wildman–Crippen MR) is 164 cm³/mol. The first-order valence-electron chi connectivity index (χ1n) is 12.7. The van der Waals surface area contributed by atoms with Gasteiger partial charge in [0.05, 0.1) is 28.4 Å². The number of carbonyl (C=O) groups excluding carboxylic acids is 2. The van der Waals surface area contributed by atoms with Crippen molar-refractivity contribution in [3.8, 4) is 23.0 Å². The minimum atomic E-state index is -0.589. The Bertz CT molecular complexity index is 1240. The van der Waals surface area contributed by atoms with Crippen molar-refractivity contribution in [2.75, 3.05) is 61.2 Å². The number of nitrogens with zero attached hydrogens (tertiary/aromatic N) is 2. The van der Waals surface area contributed by atoms with Crippen LogP contribution in [0.4, 0.5) is 0 Å². The van der Waals surface area contributed by atoms with Crippen LogP contribution in [0.5, 0.6) is 23.0 Å². The van der Waals surface area contributed by atoms with Crippen molar-refractivity contribution in [2.24, 2.45) is 0 Å². The second-order valence-corrected chi connectivity index (χ2v) is 9.64. The number of hydrogen-bond acceptors (Lipinski definition) is 7. The summed E-state index contributed by atoms with van der Waals surface area (Å²) in [6.07, 6.45) is 0.978. The van der Waals surface area contributed by atoms with Crippen LogP contribution in [0.15, 0.2) is 60.7 Å². The average Bonchev–Trinajstić information content (AvgIpc) is 2.99. The lowest BCUT2D eigenvalue weighted by Gasteiger charge is -2.35. The number of hydrogen-bond donors (Lipinski definition) is 0. The van der Waals surface area contributed by atoms with E-state index in [4.69, 9.17) is 42.1 Å². The number of amides is 1. The van der Waals surface area contributed by atoms with E-state index in [0.29, 0.717) is 41.7 Å². The van der Waals surface area contributed by atoms with Gasteiger partial charge in [-0.05, 0) is 60.0 Å². The number of halogens is 3. The summed E-state index contributed by atoms with van der Waals surface area (Å²) in [5.41, 5.74) is 2.03. The molecule has 0 atom stereocenters. The normalized spacial score (nSPS) is 12.8. The van der Waals surface area contributed by atoms with E-state index in [2.05, 4.69) is 17.0 Å². The van der Waals surface area contributed by atoms with Crippen molar-refractivity contribution < 1.29 is 28.5 Å². The molecule has 0 aliphatic carbocycles. The molecule has 0 aromatic heterocycles. The third-order valence-corrected chi connectivity index (χ3v) is 7.00. The standard InChI is InChI=1S/C21H25ClN2O3.C9H9ClO3.ClH/c1-26-18-4-3-5-19(27-2)20(18)21(25)24-14-12-23(13-15-24)11-10-16-6-8-17(22)9-7-16;1-12-6-4-3-5-7(13-2)8(6)9(10)11;/h3-9H,10-15H2,1-2H3;3-5H,1-2H3;1H. The second kappa shape index (κ2) is 16.9. The Hall–Kier alpha value is -3.17. The zero-order chi connectivity index (χ0) is 29.1. The highest BCUT2D eigenvalue weighted by Gasteiger charge is 2.27. The topological polar surface area (TPSA) is 77.5 Å². The number of rotatable bonds is 9. The fourth-order valence-electron chi connectivity index (χ4n) is 4.38. The smallest absolute Gasteiger partial charge is 0.261 e. The highest BCUT2D eigenvalue weighted by molar-refractivity contribution is 6.68. The Kier molecular flexibility index (Phi) is 14.1. The van der Waals surface area contributed by atoms with E-state index in [0.717, 1.165) is 31.1 Å². The van der Waals surface area contributed by atoms with E-state index in [1.165, 1.54) is 19.8 Å². The zero-order valence-corrected chi connectivity index (χ0v) is 25.9. The molecular weight excluding hydrogens is 591 g/mol. The van der Waals surface area contributed by atoms with Gasteiger partial charge in [-0.1, -0.05) is 35.9 Å². The molecule has 0 unspecified atom stereocenters. The van der Waals surface area contributed by atoms with Gasteiger partial charge in [-0.15, -0.1) is 12.4 Å². The molecular formula is C30H35Cl3N2O6. The molecule has 1 fully saturated rings. The van der Waals surface area contributed by atoms with Gasteiger partial charge in [0.25, 0.3) is 11.1 Å². The van der Waals surface area contributed by atoms with Gasteiger partial charge in [-0.3, -0.25) is 14.5 Å². The molecule has 1 amide bonds. The van der Waals surface area contributed by atoms with Gasteiger partial charge >= 0.3 is 0 Å². The molecule has 1 heterocycles. The number of carbonyl (C=O) groups is 2. The van der Waals surface area contributed by atoms with Gasteiger partial charge in [0.1, 0.15) is 34.1 Å². The number of benzene rings is 3. The number of piperazine rings is 1. The van der Waals surface area contributed by atoms with E-state index < -0.39 is 5.24 Å². The van der Waals surface area contributed by atoms with E-state index >= 15 is 0 Å². The Morgan fingerprint density at radius 2 is 1.15 bits per heavy atom. The van der Waals surface area contributed by atoms with Crippen LogP contribution in [0, 0.1) is 0 Å². The fourth-order valence-corrected chi connectivity index (χ4v) is 4.69. The first-order chi connectivity index (χ1) is 19.3. The molecule has 0 bridgehead atoms. The summed E-state index contributed by atoms with van der Waals surface area (Å²) in [5.74, 6) is 1.88. The molecule has 11 heteroatoms. The van der Waals surface area contributed by atoms with Crippen molar-refractivity contribution in [3.63, 3.8) is 0 Å². The molecule has 0 radical (unpaired) electrons. The summed E-state index contributed by atoms with van der Waals surface area (Å²) in [6, 6.07) is 18.4. The van der Waals surface area contributed by atoms with Crippen molar-refractivity contribution in [1.29, 1.82) is 0 Å². The predicted octanol–water partition coefficient (Wildman–Crippen LogP) is 5.86. The molecule has 3 aromatic carbocycles. The summed E-state index contributed by atoms with van der Waals surface area (Å²) < 4.78 is 20.7. The maximum absolute atomic E-state index is 13.0. The van der Waals surface area contributed by atoms with Crippen LogP contribution < -0.4 is 18.9 Å². The first kappa shape index (κ1) is 34.0. The molecule has 0 spiro atoms. The fraction of sp³-hybridized carbons (Fsp3) is 0.333. The Labute approximate surface area is 257 Å². The molecule has 222 valence electrons. The average molecular weight is 626 g/mol. The summed E-state index contributed by atoms with van der Waals surface area (Å²) in [4.78, 5) is 28.3. The monoisotopic (exact) mass is 624 g/mol. The van der Waals surface area contributed by atoms with Crippen LogP contribution in [-0.2, 0) is 6.42 Å². The van der Waals surface area contributed by atoms with Gasteiger partial charge in [-0.2, -0.15) is 0 Å². The van der Waals surface area contributed by atoms with Crippen molar-refractivity contribution in [2.45, 2.75) is 6.42 Å². The quantitative estimate of drug-likeness (QED) is 0.276. The van der Waals surface area contributed by atoms with E-state index in [9.17, 15) is 9.59 Å². The molecule has 1 saturated heterocycles. The lowest BCUT2D eigenvalue weighted by Crippen LogP contribution is -2.49. The minimum Gasteiger partial charge on any atom is -0.496 e. The van der Waals surface area contributed by atoms with Crippen LogP contribution in [0.3, 0.4) is 0 Å². The lowest BCUT2D eigenvalue weighted by molar-refractivity contribution is 0.0632. The van der Waals surface area contributed by atoms with Gasteiger partial charge in [0.15, 0.2) is 0 Å². The summed E-state index contributed by atoms with van der Waals surface area (Å²) in [5, 5.41) is 0.173. The Morgan fingerprint density at radius 1 is 0.707 bits per heavy atom. The highest BCUT2D eigenvalue weighted by atomic mass is 35.5. The highest BCUT2D eigenvalue weighted by Crippen LogP contribution is 2.30. The van der Waals surface area contributed by atoms with Gasteiger partial charge < -0.3 is 23.8 Å². The Morgan fingerprint density at radius 3 is 1.56 bits per heavy atom. The van der Waals surface area contributed by atoms with Gasteiger partial charge in [-0.25, -0.2) is 0 Å². The third kappa shape index (κ3) is 9.16. The zero-order valence-electron chi connectivity index (χ0n) is 23.5. The molecule has 41 heavy (non-hydrogen) atoms. The maximum atomic E-state index is 13.0. The van der Waals surface area contributed by atoms with Gasteiger partial charge in [0, 0.05) is 37.7 Å². The molecule has 0 N–H and O–H groups in total. The summed E-state index contributed by atoms with van der Waals surface area (Å²) in [7, 11) is 6.08. The number of ether oxygens (including phenoxy) is 4. The molecule has 0 saturated carbocycles.